The van der Waals surface area contributed by atoms with Crippen LogP contribution in [0.3, 0.4) is 0 Å². The Hall–Kier alpha value is -0.120. The first kappa shape index (κ1) is 15.9. The van der Waals surface area contributed by atoms with Gasteiger partial charge in [-0.05, 0) is 52.7 Å². The van der Waals surface area contributed by atoms with E-state index in [2.05, 4.69) is 18.9 Å². The molecule has 0 amide bonds. The number of unbranched alkanes of at least 4 members (excludes halogenated alkanes) is 3. The number of rotatable bonds is 10. The van der Waals surface area contributed by atoms with E-state index in [9.17, 15) is 5.11 Å². The highest BCUT2D eigenvalue weighted by atomic mass is 16.3. The third kappa shape index (κ3) is 9.13. The van der Waals surface area contributed by atoms with Gasteiger partial charge in [0.05, 0.1) is 5.60 Å². The van der Waals surface area contributed by atoms with Gasteiger partial charge in [-0.15, -0.1) is 0 Å². The Morgan fingerprint density at radius 1 is 1.12 bits per heavy atom. The fraction of sp³-hybridized carbons (Fsp3) is 1.00. The molecule has 0 aliphatic rings. The molecule has 0 bridgehead atoms. The highest BCUT2D eigenvalue weighted by molar-refractivity contribution is 4.72. The molecule has 98 valence electrons. The van der Waals surface area contributed by atoms with Gasteiger partial charge in [0.1, 0.15) is 0 Å². The lowest BCUT2D eigenvalue weighted by Gasteiger charge is -2.22. The molecule has 0 fully saturated rings. The number of nitrogens with zero attached hydrogens (tertiary/aromatic N) is 1. The predicted octanol–water partition coefficient (Wildman–Crippen LogP) is 1.99. The van der Waals surface area contributed by atoms with Gasteiger partial charge in [-0.3, -0.25) is 0 Å². The van der Waals surface area contributed by atoms with Gasteiger partial charge in [-0.1, -0.05) is 19.8 Å². The van der Waals surface area contributed by atoms with E-state index in [-0.39, 0.29) is 0 Å². The summed E-state index contributed by atoms with van der Waals surface area (Å²) in [6, 6.07) is 0. The fourth-order valence-corrected chi connectivity index (χ4v) is 1.73. The van der Waals surface area contributed by atoms with Crippen LogP contribution in [0, 0.1) is 0 Å². The summed E-state index contributed by atoms with van der Waals surface area (Å²) >= 11 is 0. The SMILES string of the molecule is CCCCCN(C)CCCCC(C)(O)CN. The van der Waals surface area contributed by atoms with Gasteiger partial charge < -0.3 is 15.7 Å². The summed E-state index contributed by atoms with van der Waals surface area (Å²) in [7, 11) is 2.18. The first-order valence-electron chi connectivity index (χ1n) is 6.63. The summed E-state index contributed by atoms with van der Waals surface area (Å²) in [6.07, 6.45) is 6.93. The maximum absolute atomic E-state index is 9.72. The molecule has 0 saturated carbocycles. The molecular weight excluding hydrogens is 200 g/mol. The fourth-order valence-electron chi connectivity index (χ4n) is 1.73. The number of hydrogen-bond donors (Lipinski definition) is 2. The molecule has 0 aromatic rings. The maximum Gasteiger partial charge on any atom is 0.0741 e. The topological polar surface area (TPSA) is 49.5 Å². The van der Waals surface area contributed by atoms with Crippen LogP contribution in [0.5, 0.6) is 0 Å². The molecule has 0 aliphatic carbocycles. The highest BCUT2D eigenvalue weighted by Gasteiger charge is 2.16. The van der Waals surface area contributed by atoms with Crippen molar-refractivity contribution in [2.75, 3.05) is 26.7 Å². The van der Waals surface area contributed by atoms with Crippen LogP contribution in [0.15, 0.2) is 0 Å². The average molecular weight is 230 g/mol. The first-order valence-corrected chi connectivity index (χ1v) is 6.63. The Balaban J connectivity index is 3.37. The van der Waals surface area contributed by atoms with Crippen LogP contribution in [0.2, 0.25) is 0 Å². The van der Waals surface area contributed by atoms with Gasteiger partial charge in [0.15, 0.2) is 0 Å². The molecule has 3 N–H and O–H groups in total. The van der Waals surface area contributed by atoms with Crippen molar-refractivity contribution in [1.29, 1.82) is 0 Å². The lowest BCUT2D eigenvalue weighted by molar-refractivity contribution is 0.0566. The molecule has 0 aromatic heterocycles. The van der Waals surface area contributed by atoms with Gasteiger partial charge in [0, 0.05) is 6.54 Å². The third-order valence-corrected chi connectivity index (χ3v) is 3.09. The molecule has 3 heteroatoms. The van der Waals surface area contributed by atoms with Crippen LogP contribution in [0.4, 0.5) is 0 Å². The normalized spacial score (nSPS) is 15.4. The quantitative estimate of drug-likeness (QED) is 0.564. The van der Waals surface area contributed by atoms with Crippen LogP contribution in [0.25, 0.3) is 0 Å². The molecule has 0 heterocycles. The molecule has 3 nitrogen and oxygen atoms in total. The smallest absolute Gasteiger partial charge is 0.0741 e. The van der Waals surface area contributed by atoms with E-state index in [4.69, 9.17) is 5.73 Å². The second kappa shape index (κ2) is 8.97. The van der Waals surface area contributed by atoms with Gasteiger partial charge in [-0.25, -0.2) is 0 Å². The van der Waals surface area contributed by atoms with E-state index in [1.807, 2.05) is 6.92 Å². The second-order valence-corrected chi connectivity index (χ2v) is 5.17. The molecule has 1 atom stereocenters. The van der Waals surface area contributed by atoms with Crippen LogP contribution in [-0.2, 0) is 0 Å². The van der Waals surface area contributed by atoms with E-state index < -0.39 is 5.60 Å². The zero-order valence-electron chi connectivity index (χ0n) is 11.3. The Morgan fingerprint density at radius 2 is 1.69 bits per heavy atom. The summed E-state index contributed by atoms with van der Waals surface area (Å²) in [5.41, 5.74) is 4.80. The largest absolute Gasteiger partial charge is 0.389 e. The summed E-state index contributed by atoms with van der Waals surface area (Å²) in [4.78, 5) is 2.38. The monoisotopic (exact) mass is 230 g/mol. The standard InChI is InChI=1S/C13H30N2O/c1-4-5-7-10-15(3)11-8-6-9-13(2,16)12-14/h16H,4-12,14H2,1-3H3. The summed E-state index contributed by atoms with van der Waals surface area (Å²) in [5, 5.41) is 9.72. The maximum atomic E-state index is 9.72. The second-order valence-electron chi connectivity index (χ2n) is 5.17. The van der Waals surface area contributed by atoms with Crippen molar-refractivity contribution < 1.29 is 5.11 Å². The van der Waals surface area contributed by atoms with E-state index in [0.29, 0.717) is 6.54 Å². The van der Waals surface area contributed by atoms with Crippen LogP contribution < -0.4 is 5.73 Å². The molecule has 0 rings (SSSR count). The number of aliphatic hydroxyl groups is 1. The molecule has 16 heavy (non-hydrogen) atoms. The third-order valence-electron chi connectivity index (χ3n) is 3.09. The van der Waals surface area contributed by atoms with Crippen molar-refractivity contribution in [2.24, 2.45) is 5.73 Å². The number of hydrogen-bond acceptors (Lipinski definition) is 3. The molecule has 0 aromatic carbocycles. The van der Waals surface area contributed by atoms with Crippen molar-refractivity contribution in [1.82, 2.24) is 4.90 Å². The zero-order chi connectivity index (χ0) is 12.4. The van der Waals surface area contributed by atoms with Crippen LogP contribution in [-0.4, -0.2) is 42.3 Å². The van der Waals surface area contributed by atoms with E-state index in [1.54, 1.807) is 0 Å². The Labute approximate surface area is 101 Å². The molecular formula is C13H30N2O. The Bertz CT molecular complexity index is 160. The summed E-state index contributed by atoms with van der Waals surface area (Å²) < 4.78 is 0. The van der Waals surface area contributed by atoms with Crippen molar-refractivity contribution in [2.45, 2.75) is 58.0 Å². The predicted molar refractivity (Wildman–Crippen MR) is 70.6 cm³/mol. The molecule has 0 spiro atoms. The van der Waals surface area contributed by atoms with Gasteiger partial charge in [0.2, 0.25) is 0 Å². The zero-order valence-corrected chi connectivity index (χ0v) is 11.3. The van der Waals surface area contributed by atoms with Crippen LogP contribution in [0.1, 0.15) is 52.4 Å². The Morgan fingerprint density at radius 3 is 2.19 bits per heavy atom. The van der Waals surface area contributed by atoms with Crippen molar-refractivity contribution >= 4 is 0 Å². The average Bonchev–Trinajstić information content (AvgIpc) is 2.25. The van der Waals surface area contributed by atoms with Crippen molar-refractivity contribution in [3.63, 3.8) is 0 Å². The van der Waals surface area contributed by atoms with Gasteiger partial charge in [-0.2, -0.15) is 0 Å². The minimum atomic E-state index is -0.666. The van der Waals surface area contributed by atoms with Gasteiger partial charge in [0.25, 0.3) is 0 Å². The van der Waals surface area contributed by atoms with Crippen LogP contribution >= 0.6 is 0 Å². The Kier molecular flexibility index (Phi) is 8.90. The highest BCUT2D eigenvalue weighted by Crippen LogP contribution is 2.11. The minimum Gasteiger partial charge on any atom is -0.389 e. The van der Waals surface area contributed by atoms with Crippen molar-refractivity contribution in [3.8, 4) is 0 Å². The number of nitrogens with two attached hydrogens (primary N) is 1. The molecule has 0 aliphatic heterocycles. The lowest BCUT2D eigenvalue weighted by atomic mass is 9.99. The van der Waals surface area contributed by atoms with Crippen molar-refractivity contribution in [3.05, 3.63) is 0 Å². The molecule has 1 unspecified atom stereocenters. The summed E-state index contributed by atoms with van der Waals surface area (Å²) in [5.74, 6) is 0. The van der Waals surface area contributed by atoms with E-state index >= 15 is 0 Å². The van der Waals surface area contributed by atoms with E-state index in [0.717, 1.165) is 25.8 Å². The first-order chi connectivity index (χ1) is 7.52. The minimum absolute atomic E-state index is 0.360. The van der Waals surface area contributed by atoms with Gasteiger partial charge >= 0.3 is 0 Å². The molecule has 0 saturated heterocycles. The summed E-state index contributed by atoms with van der Waals surface area (Å²) in [6.45, 7) is 6.73. The van der Waals surface area contributed by atoms with E-state index in [1.165, 1.54) is 25.8 Å². The lowest BCUT2D eigenvalue weighted by Crippen LogP contribution is -2.34. The molecule has 0 radical (unpaired) electrons.